The molecule has 5 rings (SSSR count). The molecule has 2 aliphatic heterocycles. The van der Waals surface area contributed by atoms with Crippen LogP contribution in [0, 0.1) is 0 Å². The summed E-state index contributed by atoms with van der Waals surface area (Å²) in [5.41, 5.74) is -0.119. The third-order valence-corrected chi connectivity index (χ3v) is 8.44. The van der Waals surface area contributed by atoms with Gasteiger partial charge in [0.25, 0.3) is 0 Å². The fourth-order valence-electron chi connectivity index (χ4n) is 5.14. The van der Waals surface area contributed by atoms with Gasteiger partial charge in [-0.15, -0.1) is 0 Å². The van der Waals surface area contributed by atoms with Crippen molar-refractivity contribution in [3.8, 4) is 11.1 Å². The second-order valence-corrected chi connectivity index (χ2v) is 11.0. The number of likely N-dealkylation sites (tertiary alicyclic amines) is 1. The van der Waals surface area contributed by atoms with Crippen LogP contribution in [0.3, 0.4) is 0 Å². The molecule has 10 heteroatoms. The van der Waals surface area contributed by atoms with Crippen LogP contribution < -0.4 is 10.2 Å². The number of rotatable bonds is 7. The number of alkyl halides is 4. The molecule has 1 N–H and O–H groups in total. The van der Waals surface area contributed by atoms with Crippen molar-refractivity contribution < 1.29 is 22.3 Å². The number of hydrogen-bond donors (Lipinski definition) is 1. The average molecular weight is 561 g/mol. The zero-order valence-electron chi connectivity index (χ0n) is 21.8. The molecule has 0 spiro atoms. The Morgan fingerprint density at radius 1 is 1.00 bits per heavy atom. The third-order valence-electron chi connectivity index (χ3n) is 7.26. The van der Waals surface area contributed by atoms with E-state index in [1.165, 1.54) is 24.0 Å². The fraction of sp³-hybridized carbons (Fsp3) is 0.414. The number of benzene rings is 2. The number of aromatic nitrogens is 1. The monoisotopic (exact) mass is 560 g/mol. The molecule has 0 saturated carbocycles. The summed E-state index contributed by atoms with van der Waals surface area (Å²) in [6.07, 6.45) is -1.27. The Balaban J connectivity index is 1.49. The van der Waals surface area contributed by atoms with Crippen LogP contribution in [0.4, 0.5) is 29.1 Å². The van der Waals surface area contributed by atoms with Gasteiger partial charge in [0.15, 0.2) is 0 Å². The first-order valence-electron chi connectivity index (χ1n) is 13.1. The van der Waals surface area contributed by atoms with Gasteiger partial charge in [0.2, 0.25) is 0 Å². The maximum absolute atomic E-state index is 14.5. The third kappa shape index (κ3) is 6.50. The van der Waals surface area contributed by atoms with Gasteiger partial charge in [-0.1, -0.05) is 30.0 Å². The van der Waals surface area contributed by atoms with Crippen LogP contribution in [-0.4, -0.2) is 62.4 Å². The number of nitrogens with one attached hydrogen (secondary N) is 1. The molecule has 0 bridgehead atoms. The summed E-state index contributed by atoms with van der Waals surface area (Å²) in [7, 11) is 2.09. The van der Waals surface area contributed by atoms with Crippen LogP contribution in [0.25, 0.3) is 11.1 Å². The summed E-state index contributed by atoms with van der Waals surface area (Å²) in [6, 6.07) is 14.1. The quantitative estimate of drug-likeness (QED) is 0.323. The number of anilines is 2. The number of hydrogen-bond acceptors (Lipinski definition) is 6. The molecule has 0 radical (unpaired) electrons. The van der Waals surface area contributed by atoms with Gasteiger partial charge >= 0.3 is 6.18 Å². The summed E-state index contributed by atoms with van der Waals surface area (Å²) in [5, 5.41) is 3.56. The van der Waals surface area contributed by atoms with Crippen molar-refractivity contribution in [2.24, 2.45) is 0 Å². The number of pyridine rings is 1. The van der Waals surface area contributed by atoms with Gasteiger partial charge in [-0.25, -0.2) is 9.37 Å². The molecule has 0 amide bonds. The Kier molecular flexibility index (Phi) is 8.64. The molecule has 0 unspecified atom stereocenters. The molecular formula is C29H32F4N4OS. The van der Waals surface area contributed by atoms with Gasteiger partial charge in [0.1, 0.15) is 12.5 Å². The highest BCUT2D eigenvalue weighted by atomic mass is 32.2. The molecule has 2 aromatic carbocycles. The summed E-state index contributed by atoms with van der Waals surface area (Å²) in [5.74, 6) is 0.582. The van der Waals surface area contributed by atoms with Gasteiger partial charge in [-0.05, 0) is 74.4 Å². The first-order valence-corrected chi connectivity index (χ1v) is 13.9. The van der Waals surface area contributed by atoms with Crippen LogP contribution in [-0.2, 0) is 17.6 Å². The zero-order chi connectivity index (χ0) is 27.4. The summed E-state index contributed by atoms with van der Waals surface area (Å²) in [4.78, 5) is 9.64. The second-order valence-electron chi connectivity index (χ2n) is 9.92. The standard InChI is InChI=1S/C29H32F4N4OS/c1-36-12-9-21(10-13-36)35-24-4-2-3-5-26(24)39-25-7-6-22(28(23(25)19-30)29(31,32)33)20-8-11-34-27(18-20)37-14-16-38-17-15-37/h2-8,11,18,21,35H,9-10,12-17,19H2,1H3. The lowest BCUT2D eigenvalue weighted by Gasteiger charge is -2.30. The summed E-state index contributed by atoms with van der Waals surface area (Å²) >= 11 is 1.17. The Hall–Kier alpha value is -2.82. The van der Waals surface area contributed by atoms with Crippen LogP contribution in [0.2, 0.25) is 0 Å². The molecule has 39 heavy (non-hydrogen) atoms. The van der Waals surface area contributed by atoms with E-state index in [1.54, 1.807) is 18.2 Å². The van der Waals surface area contributed by atoms with Crippen LogP contribution in [0.1, 0.15) is 24.0 Å². The minimum atomic E-state index is -4.73. The molecule has 2 fully saturated rings. The van der Waals surface area contributed by atoms with Crippen molar-refractivity contribution >= 4 is 23.3 Å². The Labute approximate surface area is 230 Å². The lowest BCUT2D eigenvalue weighted by molar-refractivity contribution is -0.138. The maximum Gasteiger partial charge on any atom is 0.417 e. The van der Waals surface area contributed by atoms with E-state index in [0.29, 0.717) is 37.7 Å². The molecule has 2 aliphatic rings. The van der Waals surface area contributed by atoms with Crippen LogP contribution in [0.5, 0.6) is 0 Å². The molecule has 1 aromatic heterocycles. The Morgan fingerprint density at radius 2 is 1.74 bits per heavy atom. The number of ether oxygens (including phenoxy) is 1. The fourth-order valence-corrected chi connectivity index (χ4v) is 6.18. The first-order chi connectivity index (χ1) is 18.8. The van der Waals surface area contributed by atoms with E-state index in [-0.39, 0.29) is 22.1 Å². The van der Waals surface area contributed by atoms with E-state index in [1.807, 2.05) is 29.2 Å². The maximum atomic E-state index is 14.5. The van der Waals surface area contributed by atoms with E-state index in [0.717, 1.165) is 36.5 Å². The molecule has 0 aliphatic carbocycles. The predicted molar refractivity (Wildman–Crippen MR) is 147 cm³/mol. The van der Waals surface area contributed by atoms with E-state index in [4.69, 9.17) is 4.74 Å². The van der Waals surface area contributed by atoms with E-state index in [9.17, 15) is 17.6 Å². The summed E-state index contributed by atoms with van der Waals surface area (Å²) < 4.78 is 63.5. The van der Waals surface area contributed by atoms with Gasteiger partial charge in [0.05, 0.1) is 18.8 Å². The topological polar surface area (TPSA) is 40.6 Å². The van der Waals surface area contributed by atoms with Crippen molar-refractivity contribution in [3.05, 3.63) is 65.9 Å². The van der Waals surface area contributed by atoms with Crippen molar-refractivity contribution in [1.82, 2.24) is 9.88 Å². The Bertz CT molecular complexity index is 1270. The van der Waals surface area contributed by atoms with Gasteiger partial charge in [0, 0.05) is 46.4 Å². The van der Waals surface area contributed by atoms with Crippen molar-refractivity contribution in [2.45, 2.75) is 41.5 Å². The second kappa shape index (κ2) is 12.1. The molecule has 3 aromatic rings. The normalized spacial score (nSPS) is 17.4. The van der Waals surface area contributed by atoms with Crippen molar-refractivity contribution in [2.75, 3.05) is 56.7 Å². The van der Waals surface area contributed by atoms with E-state index >= 15 is 0 Å². The highest BCUT2D eigenvalue weighted by Gasteiger charge is 2.38. The molecule has 0 atom stereocenters. The highest BCUT2D eigenvalue weighted by Crippen LogP contribution is 2.46. The average Bonchev–Trinajstić information content (AvgIpc) is 2.95. The lowest BCUT2D eigenvalue weighted by atomic mass is 9.95. The van der Waals surface area contributed by atoms with Crippen LogP contribution in [0.15, 0.2) is 64.5 Å². The molecular weight excluding hydrogens is 528 g/mol. The molecule has 5 nitrogen and oxygen atoms in total. The predicted octanol–water partition coefficient (Wildman–Crippen LogP) is 6.73. The van der Waals surface area contributed by atoms with E-state index < -0.39 is 18.4 Å². The first kappa shape index (κ1) is 27.7. The smallest absolute Gasteiger partial charge is 0.381 e. The number of morpholine rings is 1. The van der Waals surface area contributed by atoms with Gasteiger partial charge < -0.3 is 19.9 Å². The summed E-state index contributed by atoms with van der Waals surface area (Å²) in [6.45, 7) is 3.03. The minimum absolute atomic E-state index is 0.0471. The SMILES string of the molecule is CN1CCC(Nc2ccccc2Sc2ccc(-c3ccnc(N4CCOCC4)c3)c(C(F)(F)F)c2CF)CC1. The van der Waals surface area contributed by atoms with Crippen molar-refractivity contribution in [3.63, 3.8) is 0 Å². The highest BCUT2D eigenvalue weighted by molar-refractivity contribution is 7.99. The zero-order valence-corrected chi connectivity index (χ0v) is 22.6. The largest absolute Gasteiger partial charge is 0.417 e. The molecule has 2 saturated heterocycles. The van der Waals surface area contributed by atoms with Gasteiger partial charge in [-0.2, -0.15) is 13.2 Å². The van der Waals surface area contributed by atoms with Crippen molar-refractivity contribution in [1.29, 1.82) is 0 Å². The molecule has 3 heterocycles. The van der Waals surface area contributed by atoms with Gasteiger partial charge in [-0.3, -0.25) is 0 Å². The Morgan fingerprint density at radius 3 is 2.46 bits per heavy atom. The lowest BCUT2D eigenvalue weighted by Crippen LogP contribution is -2.36. The molecule has 208 valence electrons. The number of nitrogens with zero attached hydrogens (tertiary/aromatic N) is 3. The van der Waals surface area contributed by atoms with E-state index in [2.05, 4.69) is 22.2 Å². The minimum Gasteiger partial charge on any atom is -0.381 e. The van der Waals surface area contributed by atoms with Crippen LogP contribution >= 0.6 is 11.8 Å². The number of piperidine rings is 1. The number of para-hydroxylation sites is 1. The number of halogens is 4.